The Balaban J connectivity index is 1.66. The van der Waals surface area contributed by atoms with Crippen molar-refractivity contribution in [3.63, 3.8) is 0 Å². The quantitative estimate of drug-likeness (QED) is 0.784. The van der Waals surface area contributed by atoms with Gasteiger partial charge in [0.25, 0.3) is 0 Å². The molecule has 1 N–H and O–H groups in total. The molecule has 0 saturated heterocycles. The zero-order chi connectivity index (χ0) is 15.5. The minimum Gasteiger partial charge on any atom is -0.340 e. The van der Waals surface area contributed by atoms with E-state index in [1.807, 2.05) is 13.1 Å². The SMILES string of the molecule is Cc1nc(CN[C@@H](C)c2ccc(-n3ccnc3C)cc2)no1. The molecule has 3 rings (SSSR count). The molecule has 2 aromatic heterocycles. The van der Waals surface area contributed by atoms with Crippen molar-refractivity contribution in [3.05, 3.63) is 59.8 Å². The van der Waals surface area contributed by atoms with E-state index in [-0.39, 0.29) is 6.04 Å². The second kappa shape index (κ2) is 6.11. The molecule has 6 nitrogen and oxygen atoms in total. The van der Waals surface area contributed by atoms with Crippen molar-refractivity contribution in [1.82, 2.24) is 25.0 Å². The predicted molar refractivity (Wildman–Crippen MR) is 82.6 cm³/mol. The summed E-state index contributed by atoms with van der Waals surface area (Å²) < 4.78 is 7.02. The molecular formula is C16H19N5O. The lowest BCUT2D eigenvalue weighted by molar-refractivity contribution is 0.384. The van der Waals surface area contributed by atoms with Gasteiger partial charge in [0.1, 0.15) is 5.82 Å². The van der Waals surface area contributed by atoms with Gasteiger partial charge in [-0.25, -0.2) is 4.98 Å². The van der Waals surface area contributed by atoms with Crippen LogP contribution in [0.15, 0.2) is 41.2 Å². The highest BCUT2D eigenvalue weighted by molar-refractivity contribution is 5.36. The van der Waals surface area contributed by atoms with Crippen molar-refractivity contribution in [2.45, 2.75) is 33.4 Å². The summed E-state index contributed by atoms with van der Waals surface area (Å²) in [5.41, 5.74) is 2.32. The number of nitrogens with zero attached hydrogens (tertiary/aromatic N) is 4. The summed E-state index contributed by atoms with van der Waals surface area (Å²) in [6.45, 7) is 6.48. The number of hydrogen-bond acceptors (Lipinski definition) is 5. The molecule has 1 atom stereocenters. The van der Waals surface area contributed by atoms with Crippen LogP contribution >= 0.6 is 0 Å². The van der Waals surface area contributed by atoms with E-state index in [1.54, 1.807) is 13.1 Å². The molecule has 0 bridgehead atoms. The van der Waals surface area contributed by atoms with Crippen molar-refractivity contribution >= 4 is 0 Å². The van der Waals surface area contributed by atoms with Gasteiger partial charge in [-0.3, -0.25) is 0 Å². The number of imidazole rings is 1. The summed E-state index contributed by atoms with van der Waals surface area (Å²) >= 11 is 0. The first-order chi connectivity index (χ1) is 10.6. The van der Waals surface area contributed by atoms with E-state index in [4.69, 9.17) is 4.52 Å². The summed E-state index contributed by atoms with van der Waals surface area (Å²) in [5, 5.41) is 7.27. The van der Waals surface area contributed by atoms with Gasteiger partial charge >= 0.3 is 0 Å². The van der Waals surface area contributed by atoms with Crippen LogP contribution in [0.3, 0.4) is 0 Å². The van der Waals surface area contributed by atoms with E-state index in [9.17, 15) is 0 Å². The number of rotatable bonds is 5. The molecule has 6 heteroatoms. The lowest BCUT2D eigenvalue weighted by Crippen LogP contribution is -2.18. The van der Waals surface area contributed by atoms with Gasteiger partial charge in [-0.1, -0.05) is 17.3 Å². The van der Waals surface area contributed by atoms with E-state index >= 15 is 0 Å². The molecule has 0 fully saturated rings. The van der Waals surface area contributed by atoms with Crippen LogP contribution in [-0.2, 0) is 6.54 Å². The summed E-state index contributed by atoms with van der Waals surface area (Å²) in [6, 6.07) is 8.64. The van der Waals surface area contributed by atoms with Crippen LogP contribution in [0.4, 0.5) is 0 Å². The normalized spacial score (nSPS) is 12.5. The van der Waals surface area contributed by atoms with Crippen LogP contribution in [0.25, 0.3) is 5.69 Å². The molecule has 0 aliphatic carbocycles. The molecule has 0 unspecified atom stereocenters. The van der Waals surface area contributed by atoms with Crippen LogP contribution in [-0.4, -0.2) is 19.7 Å². The summed E-state index contributed by atoms with van der Waals surface area (Å²) in [7, 11) is 0. The largest absolute Gasteiger partial charge is 0.340 e. The molecular weight excluding hydrogens is 278 g/mol. The molecule has 22 heavy (non-hydrogen) atoms. The van der Waals surface area contributed by atoms with E-state index < -0.39 is 0 Å². The fourth-order valence-electron chi connectivity index (χ4n) is 2.35. The van der Waals surface area contributed by atoms with Gasteiger partial charge in [0.05, 0.1) is 6.54 Å². The minimum absolute atomic E-state index is 0.205. The zero-order valence-electron chi connectivity index (χ0n) is 12.9. The first kappa shape index (κ1) is 14.5. The summed E-state index contributed by atoms with van der Waals surface area (Å²) in [5.74, 6) is 2.24. The third-order valence-corrected chi connectivity index (χ3v) is 3.63. The lowest BCUT2D eigenvalue weighted by Gasteiger charge is -2.14. The maximum Gasteiger partial charge on any atom is 0.223 e. The van der Waals surface area contributed by atoms with Crippen molar-refractivity contribution < 1.29 is 4.52 Å². The number of hydrogen-bond donors (Lipinski definition) is 1. The molecule has 0 amide bonds. The van der Waals surface area contributed by atoms with Gasteiger partial charge in [-0.2, -0.15) is 4.98 Å². The maximum absolute atomic E-state index is 4.96. The Bertz CT molecular complexity index is 744. The van der Waals surface area contributed by atoms with E-state index in [0.29, 0.717) is 18.3 Å². The van der Waals surface area contributed by atoms with Crippen molar-refractivity contribution in [3.8, 4) is 5.69 Å². The molecule has 114 valence electrons. The third kappa shape index (κ3) is 3.07. The molecule has 0 aliphatic heterocycles. The van der Waals surface area contributed by atoms with Gasteiger partial charge in [0.2, 0.25) is 5.89 Å². The highest BCUT2D eigenvalue weighted by atomic mass is 16.5. The summed E-state index contributed by atoms with van der Waals surface area (Å²) in [4.78, 5) is 8.43. The van der Waals surface area contributed by atoms with Crippen LogP contribution in [0, 0.1) is 13.8 Å². The monoisotopic (exact) mass is 297 g/mol. The zero-order valence-corrected chi connectivity index (χ0v) is 12.9. The van der Waals surface area contributed by atoms with Crippen molar-refractivity contribution in [2.75, 3.05) is 0 Å². The topological polar surface area (TPSA) is 68.8 Å². The standard InChI is InChI=1S/C16H19N5O/c1-11(18-10-16-19-13(3)22-20-16)14-4-6-15(7-5-14)21-9-8-17-12(21)2/h4-9,11,18H,10H2,1-3H3/t11-/m0/s1. The Kier molecular flexibility index (Phi) is 4.02. The average Bonchev–Trinajstić information content (AvgIpc) is 3.13. The second-order valence-corrected chi connectivity index (χ2v) is 5.27. The minimum atomic E-state index is 0.205. The molecule has 1 aromatic carbocycles. The van der Waals surface area contributed by atoms with Gasteiger partial charge in [0, 0.05) is 31.0 Å². The highest BCUT2D eigenvalue weighted by Gasteiger charge is 2.08. The van der Waals surface area contributed by atoms with Crippen LogP contribution < -0.4 is 5.32 Å². The molecule has 2 heterocycles. The van der Waals surface area contributed by atoms with Gasteiger partial charge < -0.3 is 14.4 Å². The number of nitrogens with one attached hydrogen (secondary N) is 1. The Hall–Kier alpha value is -2.47. The Labute approximate surface area is 129 Å². The lowest BCUT2D eigenvalue weighted by atomic mass is 10.1. The van der Waals surface area contributed by atoms with Crippen molar-refractivity contribution in [1.29, 1.82) is 0 Å². The van der Waals surface area contributed by atoms with Crippen LogP contribution in [0.5, 0.6) is 0 Å². The highest BCUT2D eigenvalue weighted by Crippen LogP contribution is 2.17. The van der Waals surface area contributed by atoms with E-state index in [2.05, 4.69) is 56.2 Å². The Morgan fingerprint density at radius 2 is 2.00 bits per heavy atom. The molecule has 3 aromatic rings. The van der Waals surface area contributed by atoms with Gasteiger partial charge in [-0.15, -0.1) is 0 Å². The molecule has 0 saturated carbocycles. The number of aromatic nitrogens is 4. The maximum atomic E-state index is 4.96. The smallest absolute Gasteiger partial charge is 0.223 e. The van der Waals surface area contributed by atoms with Crippen LogP contribution in [0.1, 0.15) is 36.1 Å². The van der Waals surface area contributed by atoms with Gasteiger partial charge in [-0.05, 0) is 31.5 Å². The Morgan fingerprint density at radius 3 is 2.59 bits per heavy atom. The van der Waals surface area contributed by atoms with Gasteiger partial charge in [0.15, 0.2) is 5.82 Å². The fraction of sp³-hybridized carbons (Fsp3) is 0.312. The Morgan fingerprint density at radius 1 is 1.23 bits per heavy atom. The molecule has 0 spiro atoms. The second-order valence-electron chi connectivity index (χ2n) is 5.27. The van der Waals surface area contributed by atoms with E-state index in [0.717, 1.165) is 11.5 Å². The summed E-state index contributed by atoms with van der Waals surface area (Å²) in [6.07, 6.45) is 3.77. The van der Waals surface area contributed by atoms with E-state index in [1.165, 1.54) is 5.56 Å². The first-order valence-electron chi connectivity index (χ1n) is 7.26. The fourth-order valence-corrected chi connectivity index (χ4v) is 2.35. The molecule has 0 radical (unpaired) electrons. The number of aryl methyl sites for hydroxylation is 2. The predicted octanol–water partition coefficient (Wildman–Crippen LogP) is 2.72. The van der Waals surface area contributed by atoms with Crippen molar-refractivity contribution in [2.24, 2.45) is 0 Å². The van der Waals surface area contributed by atoms with Crippen LogP contribution in [0.2, 0.25) is 0 Å². The average molecular weight is 297 g/mol. The number of benzene rings is 1. The first-order valence-corrected chi connectivity index (χ1v) is 7.26. The third-order valence-electron chi connectivity index (χ3n) is 3.63. The molecule has 0 aliphatic rings.